The summed E-state index contributed by atoms with van der Waals surface area (Å²) < 4.78 is 46.4. The molecule has 0 unspecified atom stereocenters. The summed E-state index contributed by atoms with van der Waals surface area (Å²) in [5.74, 6) is -3.20. The summed E-state index contributed by atoms with van der Waals surface area (Å²) in [5, 5.41) is 14.7. The average molecular weight is 482 g/mol. The van der Waals surface area contributed by atoms with Crippen LogP contribution in [0.4, 0.5) is 18.9 Å². The van der Waals surface area contributed by atoms with Gasteiger partial charge in [0, 0.05) is 18.8 Å². The van der Waals surface area contributed by atoms with E-state index in [1.165, 1.54) is 6.92 Å². The van der Waals surface area contributed by atoms with Crippen LogP contribution in [0.25, 0.3) is 0 Å². The summed E-state index contributed by atoms with van der Waals surface area (Å²) in [6.45, 7) is 4.72. The normalized spacial score (nSPS) is 22.8. The van der Waals surface area contributed by atoms with Crippen LogP contribution in [0.5, 0.6) is 0 Å². The van der Waals surface area contributed by atoms with Crippen LogP contribution in [-0.4, -0.2) is 41.2 Å². The SMILES string of the molecule is CCOC(=O)[C@H]1[C@@H](c2ccc(N(CC)Cc3ccccc3)cc2)NC(=S)N[C@@]1(O)C(F)(F)F. The molecule has 1 heterocycles. The van der Waals surface area contributed by atoms with Crippen LogP contribution in [0.1, 0.15) is 31.0 Å². The molecule has 1 aliphatic heterocycles. The monoisotopic (exact) mass is 481 g/mol. The Hall–Kier alpha value is -2.85. The Labute approximate surface area is 195 Å². The first-order valence-electron chi connectivity index (χ1n) is 10.5. The predicted molar refractivity (Wildman–Crippen MR) is 122 cm³/mol. The Morgan fingerprint density at radius 2 is 1.79 bits per heavy atom. The van der Waals surface area contributed by atoms with Crippen LogP contribution in [0.15, 0.2) is 54.6 Å². The fourth-order valence-electron chi connectivity index (χ4n) is 3.90. The highest BCUT2D eigenvalue weighted by Gasteiger charge is 2.66. The number of carbonyl (C=O) groups excluding carboxylic acids is 1. The third kappa shape index (κ3) is 5.22. The van der Waals surface area contributed by atoms with Gasteiger partial charge in [0.2, 0.25) is 0 Å². The maximum Gasteiger partial charge on any atom is 0.437 e. The molecule has 0 amide bonds. The minimum absolute atomic E-state index is 0.135. The molecule has 3 atom stereocenters. The Balaban J connectivity index is 1.93. The number of benzene rings is 2. The van der Waals surface area contributed by atoms with Gasteiger partial charge in [-0.2, -0.15) is 13.2 Å². The number of hydrogen-bond acceptors (Lipinski definition) is 5. The van der Waals surface area contributed by atoms with Crippen LogP contribution < -0.4 is 15.5 Å². The van der Waals surface area contributed by atoms with Crippen molar-refractivity contribution in [2.45, 2.75) is 38.3 Å². The number of ether oxygens (including phenoxy) is 1. The van der Waals surface area contributed by atoms with Crippen molar-refractivity contribution in [1.29, 1.82) is 0 Å². The zero-order valence-corrected chi connectivity index (χ0v) is 19.0. The molecule has 1 fully saturated rings. The first kappa shape index (κ1) is 24.8. The number of esters is 1. The van der Waals surface area contributed by atoms with Gasteiger partial charge in [0.25, 0.3) is 5.72 Å². The van der Waals surface area contributed by atoms with Crippen LogP contribution in [0.3, 0.4) is 0 Å². The number of carbonyl (C=O) groups is 1. The lowest BCUT2D eigenvalue weighted by Gasteiger charge is -2.45. The summed E-state index contributed by atoms with van der Waals surface area (Å²) in [7, 11) is 0. The van der Waals surface area contributed by atoms with Crippen LogP contribution in [-0.2, 0) is 16.1 Å². The quantitative estimate of drug-likeness (QED) is 0.412. The fraction of sp³-hybridized carbons (Fsp3) is 0.391. The molecule has 0 radical (unpaired) electrons. The lowest BCUT2D eigenvalue weighted by Crippen LogP contribution is -2.73. The van der Waals surface area contributed by atoms with E-state index in [4.69, 9.17) is 17.0 Å². The van der Waals surface area contributed by atoms with Gasteiger partial charge in [-0.1, -0.05) is 42.5 Å². The second-order valence-electron chi connectivity index (χ2n) is 7.66. The first-order chi connectivity index (χ1) is 15.6. The molecule has 0 spiro atoms. The van der Waals surface area contributed by atoms with Gasteiger partial charge in [0.05, 0.1) is 12.6 Å². The molecule has 3 N–H and O–H groups in total. The van der Waals surface area contributed by atoms with Gasteiger partial charge in [0.1, 0.15) is 5.92 Å². The van der Waals surface area contributed by atoms with Crippen molar-refractivity contribution < 1.29 is 27.8 Å². The average Bonchev–Trinajstić information content (AvgIpc) is 2.77. The molecule has 0 aromatic heterocycles. The smallest absolute Gasteiger partial charge is 0.437 e. The molecular weight excluding hydrogens is 455 g/mol. The number of aliphatic hydroxyl groups is 1. The van der Waals surface area contributed by atoms with E-state index in [2.05, 4.69) is 10.2 Å². The number of nitrogens with one attached hydrogen (secondary N) is 2. The molecule has 0 saturated carbocycles. The number of nitrogens with zero attached hydrogens (tertiary/aromatic N) is 1. The van der Waals surface area contributed by atoms with Crippen molar-refractivity contribution in [3.63, 3.8) is 0 Å². The van der Waals surface area contributed by atoms with Gasteiger partial charge in [-0.05, 0) is 49.3 Å². The molecule has 1 saturated heterocycles. The van der Waals surface area contributed by atoms with E-state index in [1.54, 1.807) is 24.3 Å². The molecule has 2 aromatic carbocycles. The number of alkyl halides is 3. The Morgan fingerprint density at radius 1 is 1.15 bits per heavy atom. The lowest BCUT2D eigenvalue weighted by atomic mass is 9.82. The van der Waals surface area contributed by atoms with Crippen LogP contribution in [0, 0.1) is 5.92 Å². The summed E-state index contributed by atoms with van der Waals surface area (Å²) in [6.07, 6.45) is -5.18. The van der Waals surface area contributed by atoms with Crippen molar-refractivity contribution in [3.05, 3.63) is 65.7 Å². The van der Waals surface area contributed by atoms with Crippen molar-refractivity contribution in [3.8, 4) is 0 Å². The molecule has 0 bridgehead atoms. The fourth-order valence-corrected chi connectivity index (χ4v) is 4.18. The third-order valence-corrected chi connectivity index (χ3v) is 5.78. The van der Waals surface area contributed by atoms with E-state index in [0.717, 1.165) is 11.3 Å². The number of halogens is 3. The zero-order valence-electron chi connectivity index (χ0n) is 18.2. The highest BCUT2D eigenvalue weighted by molar-refractivity contribution is 7.80. The molecule has 0 aliphatic carbocycles. The van der Waals surface area contributed by atoms with Crippen molar-refractivity contribution in [1.82, 2.24) is 10.6 Å². The van der Waals surface area contributed by atoms with Gasteiger partial charge in [-0.25, -0.2) is 0 Å². The topological polar surface area (TPSA) is 73.8 Å². The molecule has 6 nitrogen and oxygen atoms in total. The highest BCUT2D eigenvalue weighted by atomic mass is 32.1. The van der Waals surface area contributed by atoms with E-state index in [9.17, 15) is 23.1 Å². The van der Waals surface area contributed by atoms with E-state index < -0.39 is 34.9 Å². The van der Waals surface area contributed by atoms with E-state index >= 15 is 0 Å². The lowest BCUT2D eigenvalue weighted by molar-refractivity contribution is -0.292. The molecule has 3 rings (SSSR count). The summed E-state index contributed by atoms with van der Waals surface area (Å²) in [5.41, 5.74) is -1.24. The molecular formula is C23H26F3N3O3S. The highest BCUT2D eigenvalue weighted by Crippen LogP contribution is 2.43. The standard InChI is InChI=1S/C23H26F3N3O3S/c1-3-29(14-15-8-6-5-7-9-15)17-12-10-16(11-13-17)19-18(20(30)32-4-2)22(31,23(24,25)26)28-21(33)27-19/h5-13,18-19,31H,3-4,14H2,1-2H3,(H2,27,28,33)/t18-,19-,22+/m1/s1. The summed E-state index contributed by atoms with van der Waals surface area (Å²) in [6, 6.07) is 15.4. The molecule has 178 valence electrons. The zero-order chi connectivity index (χ0) is 24.2. The molecule has 10 heteroatoms. The van der Waals surface area contributed by atoms with Crippen molar-refractivity contribution in [2.75, 3.05) is 18.1 Å². The van der Waals surface area contributed by atoms with E-state index in [0.29, 0.717) is 18.7 Å². The van der Waals surface area contributed by atoms with E-state index in [-0.39, 0.29) is 6.61 Å². The van der Waals surface area contributed by atoms with Gasteiger partial charge in [-0.3, -0.25) is 4.79 Å². The minimum Gasteiger partial charge on any atom is -0.466 e. The molecule has 33 heavy (non-hydrogen) atoms. The van der Waals surface area contributed by atoms with Gasteiger partial charge >= 0.3 is 12.1 Å². The second-order valence-corrected chi connectivity index (χ2v) is 8.07. The Bertz CT molecular complexity index is 972. The van der Waals surface area contributed by atoms with Crippen LogP contribution in [0.2, 0.25) is 0 Å². The number of rotatable bonds is 7. The van der Waals surface area contributed by atoms with Crippen molar-refractivity contribution in [2.24, 2.45) is 5.92 Å². The largest absolute Gasteiger partial charge is 0.466 e. The Morgan fingerprint density at radius 3 is 2.33 bits per heavy atom. The number of anilines is 1. The summed E-state index contributed by atoms with van der Waals surface area (Å²) in [4.78, 5) is 14.7. The summed E-state index contributed by atoms with van der Waals surface area (Å²) >= 11 is 4.92. The van der Waals surface area contributed by atoms with Crippen LogP contribution >= 0.6 is 12.2 Å². The molecule has 2 aromatic rings. The maximum absolute atomic E-state index is 13.8. The van der Waals surface area contributed by atoms with Gasteiger partial charge < -0.3 is 25.4 Å². The predicted octanol–water partition coefficient (Wildman–Crippen LogP) is 3.66. The first-order valence-corrected chi connectivity index (χ1v) is 10.9. The Kier molecular flexibility index (Phi) is 7.48. The number of thiocarbonyl (C=S) groups is 1. The van der Waals surface area contributed by atoms with E-state index in [1.807, 2.05) is 42.6 Å². The second kappa shape index (κ2) is 9.96. The number of hydrogen-bond donors (Lipinski definition) is 3. The maximum atomic E-state index is 13.8. The minimum atomic E-state index is -5.18. The molecule has 1 aliphatic rings. The van der Waals surface area contributed by atoms with Gasteiger partial charge in [-0.15, -0.1) is 0 Å². The van der Waals surface area contributed by atoms with Gasteiger partial charge in [0.15, 0.2) is 5.11 Å². The van der Waals surface area contributed by atoms with Crippen molar-refractivity contribution >= 4 is 29.0 Å². The third-order valence-electron chi connectivity index (χ3n) is 5.56.